The minimum absolute atomic E-state index is 0. The Hall–Kier alpha value is -1.98. The Balaban J connectivity index is 0.00000400. The third-order valence-electron chi connectivity index (χ3n) is 2.50. The largest absolute Gasteiger partial charge is 0.505 e. The van der Waals surface area contributed by atoms with Gasteiger partial charge in [0.2, 0.25) is 0 Å². The number of hydrogen-bond acceptors (Lipinski definition) is 5. The predicted octanol–water partition coefficient (Wildman–Crippen LogP) is 2.02. The van der Waals surface area contributed by atoms with Crippen LogP contribution < -0.4 is 5.73 Å². The summed E-state index contributed by atoms with van der Waals surface area (Å²) < 4.78 is 44.9. The van der Waals surface area contributed by atoms with Crippen LogP contribution in [0, 0.1) is 17.1 Å². The number of halogens is 4. The molecule has 0 fully saturated rings. The molecule has 0 aliphatic heterocycles. The SMILES string of the molecule is CCOC(=O)C(F)(F)[C@H](N)c1cc(C#N)cc(F)c1O.Cl. The zero-order chi connectivity index (χ0) is 15.5. The Morgan fingerprint density at radius 1 is 1.57 bits per heavy atom. The van der Waals surface area contributed by atoms with E-state index in [4.69, 9.17) is 11.0 Å². The van der Waals surface area contributed by atoms with Crippen LogP contribution in [0.25, 0.3) is 0 Å². The highest BCUT2D eigenvalue weighted by atomic mass is 35.5. The van der Waals surface area contributed by atoms with Gasteiger partial charge >= 0.3 is 11.9 Å². The van der Waals surface area contributed by atoms with Gasteiger partial charge in [0, 0.05) is 5.56 Å². The normalized spacial score (nSPS) is 12.0. The molecule has 0 aliphatic carbocycles. The Bertz CT molecular complexity index is 576. The van der Waals surface area contributed by atoms with E-state index in [0.29, 0.717) is 6.07 Å². The lowest BCUT2D eigenvalue weighted by atomic mass is 9.98. The maximum Gasteiger partial charge on any atom is 0.379 e. The van der Waals surface area contributed by atoms with E-state index < -0.39 is 35.1 Å². The third kappa shape index (κ3) is 3.77. The van der Waals surface area contributed by atoms with Crippen molar-refractivity contribution in [1.29, 1.82) is 5.26 Å². The first-order chi connectivity index (χ1) is 9.25. The number of esters is 1. The van der Waals surface area contributed by atoms with Crippen molar-refractivity contribution in [3.8, 4) is 11.8 Å². The Morgan fingerprint density at radius 3 is 2.62 bits per heavy atom. The number of nitrogens with two attached hydrogens (primary N) is 1. The zero-order valence-corrected chi connectivity index (χ0v) is 11.6. The molecule has 0 spiro atoms. The molecule has 0 bridgehead atoms. The fraction of sp³-hybridized carbons (Fsp3) is 0.333. The van der Waals surface area contributed by atoms with Crippen molar-refractivity contribution in [2.45, 2.75) is 18.9 Å². The summed E-state index contributed by atoms with van der Waals surface area (Å²) in [7, 11) is 0. The summed E-state index contributed by atoms with van der Waals surface area (Å²) in [4.78, 5) is 11.1. The first-order valence-corrected chi connectivity index (χ1v) is 5.48. The number of benzene rings is 1. The van der Waals surface area contributed by atoms with Gasteiger partial charge in [0.05, 0.1) is 18.2 Å². The molecule has 0 saturated heterocycles. The maximum absolute atomic E-state index is 13.7. The first-order valence-electron chi connectivity index (χ1n) is 5.48. The second kappa shape index (κ2) is 7.15. The zero-order valence-electron chi connectivity index (χ0n) is 10.8. The number of nitriles is 1. The molecule has 0 aliphatic rings. The van der Waals surface area contributed by atoms with Crippen LogP contribution in [0.1, 0.15) is 24.1 Å². The number of nitrogens with zero attached hydrogens (tertiary/aromatic N) is 1. The maximum atomic E-state index is 13.7. The van der Waals surface area contributed by atoms with Crippen LogP contribution in [-0.2, 0) is 9.53 Å². The van der Waals surface area contributed by atoms with Gasteiger partial charge in [0.15, 0.2) is 11.6 Å². The smallest absolute Gasteiger partial charge is 0.379 e. The van der Waals surface area contributed by atoms with Gasteiger partial charge in [-0.1, -0.05) is 0 Å². The molecular formula is C12H12ClF3N2O3. The average Bonchev–Trinajstić information content (AvgIpc) is 2.41. The van der Waals surface area contributed by atoms with Crippen LogP contribution >= 0.6 is 12.4 Å². The fourth-order valence-electron chi connectivity index (χ4n) is 1.47. The Kier molecular flexibility index (Phi) is 6.48. The summed E-state index contributed by atoms with van der Waals surface area (Å²) in [5.41, 5.74) is 4.15. The highest BCUT2D eigenvalue weighted by Crippen LogP contribution is 2.36. The minimum Gasteiger partial charge on any atom is -0.505 e. The van der Waals surface area contributed by atoms with Crippen molar-refractivity contribution in [1.82, 2.24) is 0 Å². The predicted molar refractivity (Wildman–Crippen MR) is 68.5 cm³/mol. The molecule has 21 heavy (non-hydrogen) atoms. The summed E-state index contributed by atoms with van der Waals surface area (Å²) in [6, 6.07) is 0.634. The molecule has 0 heterocycles. The summed E-state index contributed by atoms with van der Waals surface area (Å²) >= 11 is 0. The molecule has 0 unspecified atom stereocenters. The molecule has 0 saturated carbocycles. The number of ether oxygens (including phenoxy) is 1. The number of carbonyl (C=O) groups is 1. The molecular weight excluding hydrogens is 313 g/mol. The van der Waals surface area contributed by atoms with E-state index in [1.807, 2.05) is 0 Å². The van der Waals surface area contributed by atoms with E-state index in [1.54, 1.807) is 0 Å². The summed E-state index contributed by atoms with van der Waals surface area (Å²) in [6.07, 6.45) is 0. The van der Waals surface area contributed by atoms with Gasteiger partial charge in [-0.25, -0.2) is 9.18 Å². The highest BCUT2D eigenvalue weighted by Gasteiger charge is 2.49. The second-order valence-electron chi connectivity index (χ2n) is 3.83. The first kappa shape index (κ1) is 19.0. The lowest BCUT2D eigenvalue weighted by Gasteiger charge is -2.22. The molecule has 1 aromatic carbocycles. The number of carbonyl (C=O) groups excluding carboxylic acids is 1. The number of phenolic OH excluding ortho intramolecular Hbond substituents is 1. The van der Waals surface area contributed by atoms with E-state index >= 15 is 0 Å². The Morgan fingerprint density at radius 2 is 2.14 bits per heavy atom. The van der Waals surface area contributed by atoms with Crippen molar-refractivity contribution >= 4 is 18.4 Å². The van der Waals surface area contributed by atoms with Crippen molar-refractivity contribution in [2.24, 2.45) is 5.73 Å². The summed E-state index contributed by atoms with van der Waals surface area (Å²) in [5, 5.41) is 18.1. The van der Waals surface area contributed by atoms with Crippen LogP contribution in [0.5, 0.6) is 5.75 Å². The topological polar surface area (TPSA) is 96.3 Å². The monoisotopic (exact) mass is 324 g/mol. The van der Waals surface area contributed by atoms with Gasteiger partial charge in [-0.05, 0) is 19.1 Å². The van der Waals surface area contributed by atoms with Gasteiger partial charge in [-0.15, -0.1) is 12.4 Å². The van der Waals surface area contributed by atoms with Crippen molar-refractivity contribution in [3.63, 3.8) is 0 Å². The molecule has 0 amide bonds. The quantitative estimate of drug-likeness (QED) is 0.826. The number of alkyl halides is 2. The van der Waals surface area contributed by atoms with Gasteiger partial charge in [0.25, 0.3) is 0 Å². The van der Waals surface area contributed by atoms with Crippen LogP contribution in [0.15, 0.2) is 12.1 Å². The molecule has 1 rings (SSSR count). The van der Waals surface area contributed by atoms with Gasteiger partial charge in [-0.3, -0.25) is 0 Å². The molecule has 116 valence electrons. The van der Waals surface area contributed by atoms with Crippen molar-refractivity contribution in [2.75, 3.05) is 6.61 Å². The Labute approximate surface area is 124 Å². The lowest BCUT2D eigenvalue weighted by Crippen LogP contribution is -2.41. The molecule has 0 aromatic heterocycles. The van der Waals surface area contributed by atoms with E-state index in [2.05, 4.69) is 4.74 Å². The van der Waals surface area contributed by atoms with Crippen LogP contribution in [0.3, 0.4) is 0 Å². The van der Waals surface area contributed by atoms with E-state index in [9.17, 15) is 23.1 Å². The molecule has 3 N–H and O–H groups in total. The number of rotatable bonds is 4. The molecule has 1 atom stereocenters. The third-order valence-corrected chi connectivity index (χ3v) is 2.50. The molecule has 5 nitrogen and oxygen atoms in total. The molecule has 0 radical (unpaired) electrons. The van der Waals surface area contributed by atoms with Gasteiger partial charge < -0.3 is 15.6 Å². The van der Waals surface area contributed by atoms with Gasteiger partial charge in [0.1, 0.15) is 6.04 Å². The van der Waals surface area contributed by atoms with Crippen molar-refractivity contribution in [3.05, 3.63) is 29.1 Å². The van der Waals surface area contributed by atoms with E-state index in [-0.39, 0.29) is 24.6 Å². The number of hydrogen-bond donors (Lipinski definition) is 2. The standard InChI is InChI=1S/C12H11F3N2O3.ClH/c1-2-20-11(19)12(14,15)10(17)7-3-6(5-16)4-8(13)9(7)18;/h3-4,10,18H,2,17H2,1H3;1H/t10-;/m1./s1. The highest BCUT2D eigenvalue weighted by molar-refractivity contribution is 5.85. The number of phenols is 1. The van der Waals surface area contributed by atoms with Crippen LogP contribution in [0.2, 0.25) is 0 Å². The van der Waals surface area contributed by atoms with Crippen LogP contribution in [0.4, 0.5) is 13.2 Å². The summed E-state index contributed by atoms with van der Waals surface area (Å²) in [6.45, 7) is 1.03. The average molecular weight is 325 g/mol. The van der Waals surface area contributed by atoms with E-state index in [0.717, 1.165) is 6.07 Å². The van der Waals surface area contributed by atoms with Crippen molar-refractivity contribution < 1.29 is 27.8 Å². The molecule has 9 heteroatoms. The number of aromatic hydroxyl groups is 1. The minimum atomic E-state index is -4.17. The molecule has 1 aromatic rings. The fourth-order valence-corrected chi connectivity index (χ4v) is 1.47. The van der Waals surface area contributed by atoms with E-state index in [1.165, 1.54) is 13.0 Å². The van der Waals surface area contributed by atoms with Gasteiger partial charge in [-0.2, -0.15) is 14.0 Å². The lowest BCUT2D eigenvalue weighted by molar-refractivity contribution is -0.174. The second-order valence-corrected chi connectivity index (χ2v) is 3.83. The van der Waals surface area contributed by atoms with Crippen LogP contribution in [-0.4, -0.2) is 23.6 Å². The summed E-state index contributed by atoms with van der Waals surface area (Å²) in [5.74, 6) is -8.49.